The summed E-state index contributed by atoms with van der Waals surface area (Å²) in [6.45, 7) is 4.70. The van der Waals surface area contributed by atoms with Crippen molar-refractivity contribution < 1.29 is 9.59 Å². The van der Waals surface area contributed by atoms with E-state index < -0.39 is 0 Å². The van der Waals surface area contributed by atoms with Gasteiger partial charge in [-0.25, -0.2) is 0 Å². The second-order valence-corrected chi connectivity index (χ2v) is 11.1. The Hall–Kier alpha value is -2.48. The smallest absolute Gasteiger partial charge is 0.230 e. The summed E-state index contributed by atoms with van der Waals surface area (Å²) in [6, 6.07) is 9.24. The third kappa shape index (κ3) is 3.70. The number of nitrogens with one attached hydrogen (secondary N) is 1. The average Bonchev–Trinajstić information content (AvgIpc) is 3.56. The van der Waals surface area contributed by atoms with Gasteiger partial charge in [0.05, 0.1) is 16.8 Å². The van der Waals surface area contributed by atoms with Gasteiger partial charge in [0.2, 0.25) is 11.8 Å². The van der Waals surface area contributed by atoms with Crippen LogP contribution < -0.4 is 10.2 Å². The standard InChI is InChI=1S/C26H27ClN4O2S/c1-15-2-3-16-10-17(27)11-21(25(16)31(15)18-6-8-28-13-18)20-7-9-29-22-12-19(34-26(20)22)14-30-23(32)4-5-24(30)33/h7,9-12,15,18,28H,2-6,8,13-14H2,1H3/t15-,18-/m0/s1. The third-order valence-electron chi connectivity index (χ3n) is 7.37. The number of carbonyl (C=O) groups excluding carboxylic acids is 2. The van der Waals surface area contributed by atoms with Crippen LogP contribution >= 0.6 is 22.9 Å². The van der Waals surface area contributed by atoms with Crippen LogP contribution in [0.5, 0.6) is 0 Å². The predicted octanol–water partition coefficient (Wildman–Crippen LogP) is 4.77. The quantitative estimate of drug-likeness (QED) is 0.529. The number of amides is 2. The molecule has 2 saturated heterocycles. The Morgan fingerprint density at radius 2 is 1.94 bits per heavy atom. The van der Waals surface area contributed by atoms with Crippen LogP contribution in [-0.2, 0) is 22.6 Å². The van der Waals surface area contributed by atoms with Crippen LogP contribution in [0.2, 0.25) is 5.02 Å². The molecule has 6 rings (SSSR count). The number of aromatic nitrogens is 1. The maximum Gasteiger partial charge on any atom is 0.230 e. The molecule has 3 aliphatic rings. The van der Waals surface area contributed by atoms with Crippen molar-refractivity contribution in [3.05, 3.63) is 45.9 Å². The minimum Gasteiger partial charge on any atom is -0.364 e. The van der Waals surface area contributed by atoms with Gasteiger partial charge in [-0.05, 0) is 62.6 Å². The Kier molecular flexibility index (Phi) is 5.59. The third-order valence-corrected chi connectivity index (χ3v) is 8.73. The molecule has 6 nitrogen and oxygen atoms in total. The van der Waals surface area contributed by atoms with Crippen LogP contribution in [0.1, 0.15) is 43.0 Å². The number of halogens is 1. The highest BCUT2D eigenvalue weighted by molar-refractivity contribution is 7.19. The van der Waals surface area contributed by atoms with E-state index in [1.54, 1.807) is 11.3 Å². The molecule has 1 N–H and O–H groups in total. The number of hydrogen-bond acceptors (Lipinski definition) is 6. The molecule has 2 fully saturated rings. The highest BCUT2D eigenvalue weighted by atomic mass is 35.5. The number of rotatable bonds is 4. The number of aryl methyl sites for hydroxylation is 1. The summed E-state index contributed by atoms with van der Waals surface area (Å²) >= 11 is 8.27. The maximum absolute atomic E-state index is 12.2. The molecule has 1 aromatic carbocycles. The van der Waals surface area contributed by atoms with Crippen molar-refractivity contribution in [1.82, 2.24) is 15.2 Å². The highest BCUT2D eigenvalue weighted by Gasteiger charge is 2.34. The van der Waals surface area contributed by atoms with Gasteiger partial charge < -0.3 is 10.2 Å². The van der Waals surface area contributed by atoms with Gasteiger partial charge in [-0.3, -0.25) is 19.5 Å². The van der Waals surface area contributed by atoms with E-state index in [-0.39, 0.29) is 11.8 Å². The molecule has 0 unspecified atom stereocenters. The molecule has 2 atom stereocenters. The first kappa shape index (κ1) is 22.0. The van der Waals surface area contributed by atoms with Crippen LogP contribution in [0.25, 0.3) is 21.3 Å². The maximum atomic E-state index is 12.2. The molecule has 5 heterocycles. The van der Waals surface area contributed by atoms with Gasteiger partial charge in [0, 0.05) is 64.4 Å². The number of nitrogens with zero attached hydrogens (tertiary/aromatic N) is 3. The molecule has 8 heteroatoms. The highest BCUT2D eigenvalue weighted by Crippen LogP contribution is 2.46. The Balaban J connectivity index is 1.47. The van der Waals surface area contributed by atoms with E-state index in [1.165, 1.54) is 16.2 Å². The molecule has 34 heavy (non-hydrogen) atoms. The van der Waals surface area contributed by atoms with Gasteiger partial charge in [0.25, 0.3) is 0 Å². The number of carbonyl (C=O) groups is 2. The molecule has 0 bridgehead atoms. The molecule has 2 aromatic heterocycles. The Morgan fingerprint density at radius 3 is 2.71 bits per heavy atom. The van der Waals surface area contributed by atoms with Crippen molar-refractivity contribution in [3.8, 4) is 11.1 Å². The van der Waals surface area contributed by atoms with E-state index in [0.29, 0.717) is 31.5 Å². The van der Waals surface area contributed by atoms with Crippen LogP contribution in [0.15, 0.2) is 30.5 Å². The first-order valence-corrected chi connectivity index (χ1v) is 13.2. The lowest BCUT2D eigenvalue weighted by Gasteiger charge is -2.42. The second kappa shape index (κ2) is 8.63. The van der Waals surface area contributed by atoms with Gasteiger partial charge in [-0.1, -0.05) is 11.6 Å². The largest absolute Gasteiger partial charge is 0.364 e. The molecule has 0 saturated carbocycles. The van der Waals surface area contributed by atoms with E-state index in [4.69, 9.17) is 11.6 Å². The lowest BCUT2D eigenvalue weighted by molar-refractivity contribution is -0.138. The summed E-state index contributed by atoms with van der Waals surface area (Å²) in [5.41, 5.74) is 5.76. The first-order valence-electron chi connectivity index (χ1n) is 12.0. The Bertz CT molecular complexity index is 1280. The number of anilines is 1. The number of thiophene rings is 1. The van der Waals surface area contributed by atoms with E-state index in [1.807, 2.05) is 12.3 Å². The summed E-state index contributed by atoms with van der Waals surface area (Å²) in [6.07, 6.45) is 5.75. The molecule has 2 amide bonds. The predicted molar refractivity (Wildman–Crippen MR) is 136 cm³/mol. The number of pyridine rings is 1. The molecule has 0 spiro atoms. The van der Waals surface area contributed by atoms with Gasteiger partial charge in [0.1, 0.15) is 0 Å². The van der Waals surface area contributed by atoms with Crippen molar-refractivity contribution in [2.75, 3.05) is 18.0 Å². The zero-order valence-electron chi connectivity index (χ0n) is 19.1. The van der Waals surface area contributed by atoms with Crippen molar-refractivity contribution in [1.29, 1.82) is 0 Å². The average molecular weight is 495 g/mol. The van der Waals surface area contributed by atoms with Crippen molar-refractivity contribution >= 4 is 50.7 Å². The lowest BCUT2D eigenvalue weighted by atomic mass is 9.89. The fourth-order valence-electron chi connectivity index (χ4n) is 5.73. The van der Waals surface area contributed by atoms with E-state index in [9.17, 15) is 9.59 Å². The number of imide groups is 1. The summed E-state index contributed by atoms with van der Waals surface area (Å²) in [7, 11) is 0. The topological polar surface area (TPSA) is 65.5 Å². The summed E-state index contributed by atoms with van der Waals surface area (Å²) in [5, 5.41) is 4.28. The minimum atomic E-state index is -0.0886. The Labute approximate surface area is 207 Å². The van der Waals surface area contributed by atoms with Crippen LogP contribution in [0.3, 0.4) is 0 Å². The van der Waals surface area contributed by atoms with Crippen molar-refractivity contribution in [3.63, 3.8) is 0 Å². The fraction of sp³-hybridized carbons (Fsp3) is 0.423. The fourth-order valence-corrected chi connectivity index (χ4v) is 7.10. The van der Waals surface area contributed by atoms with Crippen LogP contribution in [0, 0.1) is 0 Å². The molecular formula is C26H27ClN4O2S. The SMILES string of the molecule is C[C@H]1CCc2cc(Cl)cc(-c3ccnc4cc(CN5C(=O)CCC5=O)sc34)c2N1[C@H]1CCNC1. The molecule has 176 valence electrons. The van der Waals surface area contributed by atoms with Gasteiger partial charge in [0.15, 0.2) is 0 Å². The normalized spacial score (nSPS) is 22.8. The van der Waals surface area contributed by atoms with Crippen molar-refractivity contribution in [2.45, 2.75) is 57.7 Å². The lowest BCUT2D eigenvalue weighted by Crippen LogP contribution is -2.46. The summed E-state index contributed by atoms with van der Waals surface area (Å²) < 4.78 is 1.07. The zero-order chi connectivity index (χ0) is 23.4. The molecule has 3 aromatic rings. The Morgan fingerprint density at radius 1 is 1.12 bits per heavy atom. The monoisotopic (exact) mass is 494 g/mol. The van der Waals surface area contributed by atoms with Crippen LogP contribution in [0.4, 0.5) is 5.69 Å². The molecular weight excluding hydrogens is 468 g/mol. The van der Waals surface area contributed by atoms with E-state index in [0.717, 1.165) is 63.6 Å². The molecule has 0 radical (unpaired) electrons. The van der Waals surface area contributed by atoms with E-state index in [2.05, 4.69) is 40.3 Å². The van der Waals surface area contributed by atoms with Gasteiger partial charge in [-0.15, -0.1) is 11.3 Å². The van der Waals surface area contributed by atoms with Crippen molar-refractivity contribution in [2.24, 2.45) is 0 Å². The molecule has 3 aliphatic heterocycles. The number of hydrogen-bond donors (Lipinski definition) is 1. The number of fused-ring (bicyclic) bond motifs is 2. The number of likely N-dealkylation sites (tertiary alicyclic amines) is 1. The minimum absolute atomic E-state index is 0.0886. The van der Waals surface area contributed by atoms with Crippen LogP contribution in [-0.4, -0.2) is 46.9 Å². The summed E-state index contributed by atoms with van der Waals surface area (Å²) in [5.74, 6) is -0.177. The molecule has 0 aliphatic carbocycles. The first-order chi connectivity index (χ1) is 16.5. The zero-order valence-corrected chi connectivity index (χ0v) is 20.7. The summed E-state index contributed by atoms with van der Waals surface area (Å²) in [4.78, 5) is 33.9. The second-order valence-electron chi connectivity index (χ2n) is 9.56. The van der Waals surface area contributed by atoms with Gasteiger partial charge in [-0.2, -0.15) is 0 Å². The number of benzene rings is 1. The van der Waals surface area contributed by atoms with Gasteiger partial charge >= 0.3 is 0 Å². The van der Waals surface area contributed by atoms with E-state index >= 15 is 0 Å².